The second kappa shape index (κ2) is 4.07. The predicted molar refractivity (Wildman–Crippen MR) is 58.9 cm³/mol. The van der Waals surface area contributed by atoms with Gasteiger partial charge in [-0.2, -0.15) is 0 Å². The molecule has 1 heterocycles. The highest BCUT2D eigenvalue weighted by molar-refractivity contribution is 7.94. The third kappa shape index (κ3) is 3.05. The normalized spacial score (nSPS) is 32.0. The molecule has 17 heavy (non-hydrogen) atoms. The van der Waals surface area contributed by atoms with Crippen LogP contribution in [0.25, 0.3) is 0 Å². The van der Waals surface area contributed by atoms with Crippen LogP contribution in [0.3, 0.4) is 0 Å². The van der Waals surface area contributed by atoms with E-state index in [0.717, 1.165) is 6.08 Å². The van der Waals surface area contributed by atoms with Crippen molar-refractivity contribution in [2.24, 2.45) is 0 Å². The van der Waals surface area contributed by atoms with E-state index in [1.165, 1.54) is 6.92 Å². The molecule has 0 radical (unpaired) electrons. The lowest BCUT2D eigenvalue weighted by atomic mass is 10.0. The summed E-state index contributed by atoms with van der Waals surface area (Å²) in [4.78, 5) is 11.1. The summed E-state index contributed by atoms with van der Waals surface area (Å²) in [6.07, 6.45) is 0.880. The molecule has 0 spiro atoms. The second-order valence-corrected chi connectivity index (χ2v) is 7.81. The van der Waals surface area contributed by atoms with Crippen LogP contribution in [0, 0.1) is 0 Å². The first-order valence-electron chi connectivity index (χ1n) is 4.60. The lowest BCUT2D eigenvalue weighted by Gasteiger charge is -2.32. The fourth-order valence-electron chi connectivity index (χ4n) is 1.87. The third-order valence-corrected chi connectivity index (χ3v) is 6.05. The summed E-state index contributed by atoms with van der Waals surface area (Å²) in [5, 5.41) is 0.525. The standard InChI is InChI=1S/C8H13NO6S2/c1-3-7(10)9-8(2)5-16(11,12)4-6(8)17(13,14)15/h3,6H,1,4-5H2,2H3,(H,9,10)(H,13,14,15)/p-1/t6-,8-/m0/s1. The van der Waals surface area contributed by atoms with Crippen LogP contribution in [0.4, 0.5) is 0 Å². The van der Waals surface area contributed by atoms with Crippen molar-refractivity contribution in [3.8, 4) is 0 Å². The minimum Gasteiger partial charge on any atom is -0.748 e. The van der Waals surface area contributed by atoms with Gasteiger partial charge in [0.15, 0.2) is 9.84 Å². The monoisotopic (exact) mass is 282 g/mol. The molecular formula is C8H12NO6S2-. The number of sulfone groups is 1. The van der Waals surface area contributed by atoms with Crippen molar-refractivity contribution in [3.05, 3.63) is 12.7 Å². The van der Waals surface area contributed by atoms with Crippen molar-refractivity contribution >= 4 is 25.9 Å². The smallest absolute Gasteiger partial charge is 0.243 e. The Hall–Kier alpha value is -0.930. The van der Waals surface area contributed by atoms with Crippen LogP contribution >= 0.6 is 0 Å². The van der Waals surface area contributed by atoms with Gasteiger partial charge in [-0.05, 0) is 13.0 Å². The van der Waals surface area contributed by atoms with Crippen LogP contribution in [-0.2, 0) is 24.7 Å². The number of carbonyl (C=O) groups excluding carboxylic acids is 1. The summed E-state index contributed by atoms with van der Waals surface area (Å²) in [5.74, 6) is -2.07. The zero-order chi connectivity index (χ0) is 13.5. The highest BCUT2D eigenvalue weighted by Gasteiger charge is 2.51. The van der Waals surface area contributed by atoms with Gasteiger partial charge in [0.2, 0.25) is 5.91 Å². The lowest BCUT2D eigenvalue weighted by Crippen LogP contribution is -2.56. The van der Waals surface area contributed by atoms with Gasteiger partial charge in [-0.15, -0.1) is 0 Å². The minimum atomic E-state index is -4.81. The molecule has 1 amide bonds. The molecule has 0 aromatic carbocycles. The fourth-order valence-corrected chi connectivity index (χ4v) is 6.18. The van der Waals surface area contributed by atoms with Crippen molar-refractivity contribution < 1.29 is 26.2 Å². The van der Waals surface area contributed by atoms with E-state index in [0.29, 0.717) is 0 Å². The Balaban J connectivity index is 3.19. The summed E-state index contributed by atoms with van der Waals surface area (Å²) in [5.41, 5.74) is -1.61. The summed E-state index contributed by atoms with van der Waals surface area (Å²) in [6, 6.07) is 0. The quantitative estimate of drug-likeness (QED) is 0.491. The zero-order valence-corrected chi connectivity index (χ0v) is 10.7. The van der Waals surface area contributed by atoms with Gasteiger partial charge in [-0.3, -0.25) is 4.79 Å². The molecule has 0 aliphatic carbocycles. The molecule has 0 aromatic rings. The summed E-state index contributed by atoms with van der Waals surface area (Å²) in [7, 11) is -8.48. The SMILES string of the molecule is C=CC(=O)N[C@@]1(C)CS(=O)(=O)C[C@@H]1S(=O)(=O)[O-]. The maximum absolute atomic E-state index is 11.4. The van der Waals surface area contributed by atoms with Crippen molar-refractivity contribution in [2.45, 2.75) is 17.7 Å². The molecule has 1 aliphatic heterocycles. The van der Waals surface area contributed by atoms with Crippen LogP contribution in [-0.4, -0.2) is 49.6 Å². The van der Waals surface area contributed by atoms with Gasteiger partial charge in [0.25, 0.3) is 0 Å². The van der Waals surface area contributed by atoms with Crippen molar-refractivity contribution in [3.63, 3.8) is 0 Å². The third-order valence-electron chi connectivity index (χ3n) is 2.58. The van der Waals surface area contributed by atoms with E-state index in [4.69, 9.17) is 0 Å². The van der Waals surface area contributed by atoms with Crippen LogP contribution in [0.5, 0.6) is 0 Å². The van der Waals surface area contributed by atoms with E-state index in [-0.39, 0.29) is 0 Å². The average Bonchev–Trinajstić information content (AvgIpc) is 2.35. The van der Waals surface area contributed by atoms with E-state index in [9.17, 15) is 26.2 Å². The number of amides is 1. The molecule has 0 aromatic heterocycles. The molecule has 1 rings (SSSR count). The molecule has 7 nitrogen and oxygen atoms in total. The van der Waals surface area contributed by atoms with E-state index < -0.39 is 48.2 Å². The molecule has 2 atom stereocenters. The average molecular weight is 282 g/mol. The number of rotatable bonds is 3. The van der Waals surface area contributed by atoms with Crippen LogP contribution in [0.1, 0.15) is 6.92 Å². The maximum atomic E-state index is 11.4. The van der Waals surface area contributed by atoms with Gasteiger partial charge in [-0.1, -0.05) is 6.58 Å². The Morgan fingerprint density at radius 3 is 2.53 bits per heavy atom. The van der Waals surface area contributed by atoms with Crippen molar-refractivity contribution in [1.29, 1.82) is 0 Å². The summed E-state index contributed by atoms with van der Waals surface area (Å²) in [6.45, 7) is 4.39. The Labute approximate surface area is 99.6 Å². The van der Waals surface area contributed by atoms with Gasteiger partial charge in [0.05, 0.1) is 22.3 Å². The molecule has 1 saturated heterocycles. The first kappa shape index (κ1) is 14.1. The largest absolute Gasteiger partial charge is 0.748 e. The first-order valence-corrected chi connectivity index (χ1v) is 7.89. The minimum absolute atomic E-state index is 0.578. The number of carbonyl (C=O) groups is 1. The summed E-state index contributed by atoms with van der Waals surface area (Å²) >= 11 is 0. The molecule has 0 bridgehead atoms. The Bertz CT molecular complexity index is 549. The molecule has 1 fully saturated rings. The van der Waals surface area contributed by atoms with Crippen LogP contribution in [0.15, 0.2) is 12.7 Å². The van der Waals surface area contributed by atoms with Gasteiger partial charge in [-0.25, -0.2) is 16.8 Å². The lowest BCUT2D eigenvalue weighted by molar-refractivity contribution is -0.117. The zero-order valence-electron chi connectivity index (χ0n) is 9.04. The van der Waals surface area contributed by atoms with Crippen molar-refractivity contribution in [2.75, 3.05) is 11.5 Å². The highest BCUT2D eigenvalue weighted by atomic mass is 32.2. The number of nitrogens with one attached hydrogen (secondary N) is 1. The number of hydrogen-bond acceptors (Lipinski definition) is 6. The molecular weight excluding hydrogens is 270 g/mol. The molecule has 0 saturated carbocycles. The molecule has 98 valence electrons. The molecule has 0 unspecified atom stereocenters. The van der Waals surface area contributed by atoms with Crippen molar-refractivity contribution in [1.82, 2.24) is 5.32 Å². The summed E-state index contributed by atoms with van der Waals surface area (Å²) < 4.78 is 55.8. The predicted octanol–water partition coefficient (Wildman–Crippen LogP) is -1.61. The Morgan fingerprint density at radius 2 is 2.12 bits per heavy atom. The Morgan fingerprint density at radius 1 is 1.59 bits per heavy atom. The molecule has 9 heteroatoms. The van der Waals surface area contributed by atoms with Gasteiger partial charge in [0.1, 0.15) is 10.1 Å². The first-order chi connectivity index (χ1) is 7.50. The fraction of sp³-hybridized carbons (Fsp3) is 0.625. The van der Waals surface area contributed by atoms with Gasteiger partial charge >= 0.3 is 0 Å². The van der Waals surface area contributed by atoms with E-state index >= 15 is 0 Å². The molecule has 1 aliphatic rings. The molecule has 1 N–H and O–H groups in total. The highest BCUT2D eigenvalue weighted by Crippen LogP contribution is 2.28. The number of hydrogen-bond donors (Lipinski definition) is 1. The van der Waals surface area contributed by atoms with Crippen LogP contribution < -0.4 is 5.32 Å². The topological polar surface area (TPSA) is 120 Å². The van der Waals surface area contributed by atoms with E-state index in [1.54, 1.807) is 0 Å². The van der Waals surface area contributed by atoms with Gasteiger partial charge in [0, 0.05) is 0 Å². The van der Waals surface area contributed by atoms with E-state index in [2.05, 4.69) is 11.9 Å². The maximum Gasteiger partial charge on any atom is 0.243 e. The van der Waals surface area contributed by atoms with Crippen LogP contribution in [0.2, 0.25) is 0 Å². The van der Waals surface area contributed by atoms with E-state index in [1.807, 2.05) is 0 Å². The van der Waals surface area contributed by atoms with Gasteiger partial charge < -0.3 is 9.87 Å². The Kier molecular flexibility index (Phi) is 3.38. The second-order valence-electron chi connectivity index (χ2n) is 4.15.